The van der Waals surface area contributed by atoms with Crippen molar-refractivity contribution in [2.24, 2.45) is 0 Å². The van der Waals surface area contributed by atoms with Crippen LogP contribution >= 0.6 is 0 Å². The van der Waals surface area contributed by atoms with Crippen molar-refractivity contribution in [3.05, 3.63) is 65.2 Å². The van der Waals surface area contributed by atoms with Gasteiger partial charge in [0.2, 0.25) is 10.0 Å². The Morgan fingerprint density at radius 3 is 2.46 bits per heavy atom. The third kappa shape index (κ3) is 4.31. The molecule has 2 aromatic carbocycles. The molecular weight excluding hydrogens is 348 g/mol. The molecule has 1 saturated carbocycles. The van der Waals surface area contributed by atoms with E-state index in [1.165, 1.54) is 6.07 Å². The molecule has 0 radical (unpaired) electrons. The molecule has 1 amide bonds. The number of carbonyl (C=O) groups is 1. The first-order valence-corrected chi connectivity index (χ1v) is 10.3. The molecule has 26 heavy (non-hydrogen) atoms. The lowest BCUT2D eigenvalue weighted by Gasteiger charge is -2.22. The fraction of sp³-hybridized carbons (Fsp3) is 0.350. The first-order chi connectivity index (χ1) is 12.4. The van der Waals surface area contributed by atoms with Gasteiger partial charge in [-0.3, -0.25) is 4.79 Å². The smallest absolute Gasteiger partial charge is 0.254 e. The number of hydrogen-bond acceptors (Lipinski definition) is 3. The third-order valence-corrected chi connectivity index (χ3v) is 6.05. The zero-order chi connectivity index (χ0) is 18.7. The van der Waals surface area contributed by atoms with Gasteiger partial charge in [-0.2, -0.15) is 0 Å². The van der Waals surface area contributed by atoms with Gasteiger partial charge in [0.25, 0.3) is 5.91 Å². The van der Waals surface area contributed by atoms with E-state index in [2.05, 4.69) is 4.72 Å². The summed E-state index contributed by atoms with van der Waals surface area (Å²) in [7, 11) is -3.58. The van der Waals surface area contributed by atoms with Crippen molar-refractivity contribution in [1.29, 1.82) is 0 Å². The molecule has 6 heteroatoms. The van der Waals surface area contributed by atoms with Crippen molar-refractivity contribution in [2.45, 2.75) is 44.2 Å². The molecule has 138 valence electrons. The average molecular weight is 372 g/mol. The molecule has 1 aliphatic rings. The number of aryl methyl sites for hydroxylation is 1. The Balaban J connectivity index is 1.86. The van der Waals surface area contributed by atoms with Crippen LogP contribution in [0.3, 0.4) is 0 Å². The number of nitrogens with one attached hydrogen (secondary N) is 1. The number of sulfonamides is 1. The lowest BCUT2D eigenvalue weighted by Crippen LogP contribution is -2.31. The van der Waals surface area contributed by atoms with E-state index >= 15 is 0 Å². The molecule has 1 aliphatic carbocycles. The molecule has 0 aliphatic heterocycles. The highest BCUT2D eigenvalue weighted by atomic mass is 32.2. The molecule has 2 aromatic rings. The van der Waals surface area contributed by atoms with Crippen molar-refractivity contribution in [1.82, 2.24) is 9.62 Å². The number of hydrogen-bond donors (Lipinski definition) is 1. The molecule has 0 atom stereocenters. The predicted molar refractivity (Wildman–Crippen MR) is 101 cm³/mol. The lowest BCUT2D eigenvalue weighted by molar-refractivity contribution is 0.0751. The van der Waals surface area contributed by atoms with Crippen molar-refractivity contribution in [3.63, 3.8) is 0 Å². The minimum absolute atomic E-state index is 0.0330. The Morgan fingerprint density at radius 1 is 1.15 bits per heavy atom. The quantitative estimate of drug-likeness (QED) is 0.812. The summed E-state index contributed by atoms with van der Waals surface area (Å²) in [5.74, 6) is -0.155. The number of amides is 1. The van der Waals surface area contributed by atoms with Gasteiger partial charge in [-0.05, 0) is 49.9 Å². The maximum absolute atomic E-state index is 13.0. The van der Waals surface area contributed by atoms with E-state index < -0.39 is 10.0 Å². The standard InChI is InChI=1S/C20H24N2O3S/c1-3-22(14-16-7-5-4-6-8-16)20(23)19-13-18(12-9-15(19)2)26(24,25)21-17-10-11-17/h4-9,12-13,17,21H,3,10-11,14H2,1-2H3. The molecule has 0 saturated heterocycles. The highest BCUT2D eigenvalue weighted by Gasteiger charge is 2.29. The Morgan fingerprint density at radius 2 is 1.85 bits per heavy atom. The zero-order valence-corrected chi connectivity index (χ0v) is 15.9. The lowest BCUT2D eigenvalue weighted by atomic mass is 10.1. The maximum atomic E-state index is 13.0. The van der Waals surface area contributed by atoms with Crippen molar-refractivity contribution < 1.29 is 13.2 Å². The summed E-state index contributed by atoms with van der Waals surface area (Å²) in [5.41, 5.74) is 2.24. The second kappa shape index (κ2) is 7.60. The summed E-state index contributed by atoms with van der Waals surface area (Å²) in [4.78, 5) is 14.9. The fourth-order valence-corrected chi connectivity index (χ4v) is 4.12. The number of rotatable bonds is 7. The number of benzene rings is 2. The van der Waals surface area contributed by atoms with Crippen LogP contribution in [0.5, 0.6) is 0 Å². The fourth-order valence-electron chi connectivity index (χ4n) is 2.79. The molecule has 1 N–H and O–H groups in total. The molecule has 3 rings (SSSR count). The SMILES string of the molecule is CCN(Cc1ccccc1)C(=O)c1cc(S(=O)(=O)NC2CC2)ccc1C. The Labute approximate surface area is 155 Å². The first-order valence-electron chi connectivity index (χ1n) is 8.87. The van der Waals surface area contributed by atoms with Crippen LogP contribution in [-0.2, 0) is 16.6 Å². The van der Waals surface area contributed by atoms with Crippen LogP contribution in [0.15, 0.2) is 53.4 Å². The van der Waals surface area contributed by atoms with Gasteiger partial charge in [-0.15, -0.1) is 0 Å². The van der Waals surface area contributed by atoms with Crippen LogP contribution in [0.4, 0.5) is 0 Å². The van der Waals surface area contributed by atoms with Crippen LogP contribution in [0.1, 0.15) is 41.3 Å². The van der Waals surface area contributed by atoms with Gasteiger partial charge in [0.05, 0.1) is 4.90 Å². The topological polar surface area (TPSA) is 66.5 Å². The molecule has 5 nitrogen and oxygen atoms in total. The van der Waals surface area contributed by atoms with Crippen molar-refractivity contribution in [2.75, 3.05) is 6.54 Å². The Kier molecular flexibility index (Phi) is 5.44. The third-order valence-electron chi connectivity index (χ3n) is 4.53. The predicted octanol–water partition coefficient (Wildman–Crippen LogP) is 3.10. The monoisotopic (exact) mass is 372 g/mol. The van der Waals surface area contributed by atoms with Crippen molar-refractivity contribution in [3.8, 4) is 0 Å². The summed E-state index contributed by atoms with van der Waals surface area (Å²) in [6.45, 7) is 4.79. The van der Waals surface area contributed by atoms with E-state index in [0.29, 0.717) is 18.7 Å². The van der Waals surface area contributed by atoms with Gasteiger partial charge < -0.3 is 4.90 Å². The van der Waals surface area contributed by atoms with E-state index in [1.54, 1.807) is 17.0 Å². The number of carbonyl (C=O) groups excluding carboxylic acids is 1. The first kappa shape index (κ1) is 18.6. The highest BCUT2D eigenvalue weighted by Crippen LogP contribution is 2.24. The number of nitrogens with zero attached hydrogens (tertiary/aromatic N) is 1. The second-order valence-corrected chi connectivity index (χ2v) is 8.39. The largest absolute Gasteiger partial charge is 0.335 e. The minimum atomic E-state index is -3.58. The minimum Gasteiger partial charge on any atom is -0.335 e. The molecule has 0 aromatic heterocycles. The van der Waals surface area contributed by atoms with Crippen LogP contribution in [-0.4, -0.2) is 31.8 Å². The molecule has 0 spiro atoms. The normalized spacial score (nSPS) is 14.2. The summed E-state index contributed by atoms with van der Waals surface area (Å²) < 4.78 is 27.6. The second-order valence-electron chi connectivity index (χ2n) is 6.68. The average Bonchev–Trinajstić information content (AvgIpc) is 3.43. The van der Waals surface area contributed by atoms with Gasteiger partial charge in [0.15, 0.2) is 0 Å². The van der Waals surface area contributed by atoms with Crippen LogP contribution in [0.2, 0.25) is 0 Å². The molecule has 0 bridgehead atoms. The molecular formula is C20H24N2O3S. The zero-order valence-electron chi connectivity index (χ0n) is 15.1. The van der Waals surface area contributed by atoms with Gasteiger partial charge in [-0.1, -0.05) is 36.4 Å². The van der Waals surface area contributed by atoms with Crippen molar-refractivity contribution >= 4 is 15.9 Å². The van der Waals surface area contributed by atoms with E-state index in [9.17, 15) is 13.2 Å². The summed E-state index contributed by atoms with van der Waals surface area (Å²) in [6.07, 6.45) is 1.75. The molecule has 0 unspecified atom stereocenters. The Bertz CT molecular complexity index is 891. The molecule has 1 fully saturated rings. The molecule has 0 heterocycles. The van der Waals surface area contributed by atoms with E-state index in [0.717, 1.165) is 24.0 Å². The van der Waals surface area contributed by atoms with Gasteiger partial charge in [0, 0.05) is 24.7 Å². The van der Waals surface area contributed by atoms with E-state index in [-0.39, 0.29) is 16.8 Å². The van der Waals surface area contributed by atoms with Crippen LogP contribution < -0.4 is 4.72 Å². The van der Waals surface area contributed by atoms with E-state index in [4.69, 9.17) is 0 Å². The van der Waals surface area contributed by atoms with Gasteiger partial charge in [0.1, 0.15) is 0 Å². The summed E-state index contributed by atoms with van der Waals surface area (Å²) in [6, 6.07) is 14.6. The van der Waals surface area contributed by atoms with Crippen LogP contribution in [0, 0.1) is 6.92 Å². The van der Waals surface area contributed by atoms with Gasteiger partial charge >= 0.3 is 0 Å². The van der Waals surface area contributed by atoms with Crippen LogP contribution in [0.25, 0.3) is 0 Å². The maximum Gasteiger partial charge on any atom is 0.254 e. The summed E-state index contributed by atoms with van der Waals surface area (Å²) in [5, 5.41) is 0. The highest BCUT2D eigenvalue weighted by molar-refractivity contribution is 7.89. The Hall–Kier alpha value is -2.18. The van der Waals surface area contributed by atoms with Gasteiger partial charge in [-0.25, -0.2) is 13.1 Å². The summed E-state index contributed by atoms with van der Waals surface area (Å²) >= 11 is 0. The van der Waals surface area contributed by atoms with E-state index in [1.807, 2.05) is 44.2 Å².